The number of hydrogen-bond donors (Lipinski definition) is 1. The van der Waals surface area contributed by atoms with Crippen molar-refractivity contribution in [2.75, 3.05) is 18.1 Å². The molecule has 1 aromatic heterocycles. The second-order valence-corrected chi connectivity index (χ2v) is 6.62. The second kappa shape index (κ2) is 4.18. The number of hydrogen-bond acceptors (Lipinski definition) is 5. The Labute approximate surface area is 95.2 Å². The minimum atomic E-state index is -2.94. The minimum Gasteiger partial charge on any atom is -0.448 e. The summed E-state index contributed by atoms with van der Waals surface area (Å²) in [5, 5.41) is 3.14. The van der Waals surface area contributed by atoms with Crippen LogP contribution in [0.2, 0.25) is 0 Å². The summed E-state index contributed by atoms with van der Waals surface area (Å²) < 4.78 is 28.3. The van der Waals surface area contributed by atoms with Crippen LogP contribution in [0, 0.1) is 0 Å². The molecule has 16 heavy (non-hydrogen) atoms. The highest BCUT2D eigenvalue weighted by Crippen LogP contribution is 2.21. The van der Waals surface area contributed by atoms with Crippen LogP contribution in [0.15, 0.2) is 10.7 Å². The zero-order valence-corrected chi connectivity index (χ0v) is 10.3. The predicted molar refractivity (Wildman–Crippen MR) is 60.0 cm³/mol. The van der Waals surface area contributed by atoms with Crippen molar-refractivity contribution in [3.05, 3.63) is 17.8 Å². The average molecular weight is 244 g/mol. The first-order valence-electron chi connectivity index (χ1n) is 5.37. The van der Waals surface area contributed by atoms with Gasteiger partial charge in [0.1, 0.15) is 6.26 Å². The molecule has 1 unspecified atom stereocenters. The molecular formula is C10H16N2O3S. The number of rotatable bonds is 2. The molecule has 0 aliphatic carbocycles. The molecule has 2 heterocycles. The van der Waals surface area contributed by atoms with E-state index in [0.29, 0.717) is 18.1 Å². The highest BCUT2D eigenvalue weighted by Gasteiger charge is 2.27. The Balaban J connectivity index is 2.17. The molecule has 5 nitrogen and oxygen atoms in total. The Morgan fingerprint density at radius 1 is 1.56 bits per heavy atom. The van der Waals surface area contributed by atoms with E-state index in [9.17, 15) is 8.42 Å². The van der Waals surface area contributed by atoms with Crippen LogP contribution < -0.4 is 5.32 Å². The predicted octanol–water partition coefficient (Wildman–Crippen LogP) is 0.857. The summed E-state index contributed by atoms with van der Waals surface area (Å²) in [6.07, 6.45) is 1.55. The van der Waals surface area contributed by atoms with Gasteiger partial charge in [-0.2, -0.15) is 0 Å². The minimum absolute atomic E-state index is 0.108. The molecule has 1 fully saturated rings. The van der Waals surface area contributed by atoms with Crippen LogP contribution in [0.25, 0.3) is 0 Å². The molecule has 1 aliphatic heterocycles. The molecule has 0 aromatic carbocycles. The highest BCUT2D eigenvalue weighted by atomic mass is 32.2. The monoisotopic (exact) mass is 244 g/mol. The number of aromatic nitrogens is 1. The molecule has 90 valence electrons. The average Bonchev–Trinajstić information content (AvgIpc) is 2.64. The van der Waals surface area contributed by atoms with Gasteiger partial charge in [-0.05, 0) is 0 Å². The molecule has 1 aromatic rings. The Morgan fingerprint density at radius 3 is 2.88 bits per heavy atom. The molecule has 6 heteroatoms. The van der Waals surface area contributed by atoms with Crippen LogP contribution in [0.3, 0.4) is 0 Å². The van der Waals surface area contributed by atoms with Gasteiger partial charge in [-0.1, -0.05) is 13.8 Å². The molecule has 0 spiro atoms. The maximum absolute atomic E-state index is 11.5. The van der Waals surface area contributed by atoms with E-state index in [4.69, 9.17) is 4.42 Å². The van der Waals surface area contributed by atoms with Crippen LogP contribution >= 0.6 is 0 Å². The summed E-state index contributed by atoms with van der Waals surface area (Å²) in [6.45, 7) is 4.46. The summed E-state index contributed by atoms with van der Waals surface area (Å²) in [6, 6.07) is -0.227. The Hall–Kier alpha value is -0.880. The second-order valence-electron chi connectivity index (χ2n) is 4.39. The van der Waals surface area contributed by atoms with Crippen LogP contribution in [0.5, 0.6) is 0 Å². The maximum Gasteiger partial charge on any atom is 0.196 e. The van der Waals surface area contributed by atoms with Crippen molar-refractivity contribution in [3.8, 4) is 0 Å². The quantitative estimate of drug-likeness (QED) is 0.835. The fourth-order valence-electron chi connectivity index (χ4n) is 1.70. The normalized spacial score (nSPS) is 24.8. The lowest BCUT2D eigenvalue weighted by Crippen LogP contribution is -2.39. The third-order valence-corrected chi connectivity index (χ3v) is 4.28. The van der Waals surface area contributed by atoms with Gasteiger partial charge in [0.05, 0.1) is 23.2 Å². The molecule has 0 amide bonds. The number of nitrogens with zero attached hydrogens (tertiary/aromatic N) is 1. The first-order valence-corrected chi connectivity index (χ1v) is 7.19. The van der Waals surface area contributed by atoms with Crippen molar-refractivity contribution in [2.24, 2.45) is 0 Å². The van der Waals surface area contributed by atoms with Gasteiger partial charge in [0.25, 0.3) is 0 Å². The topological polar surface area (TPSA) is 72.2 Å². The third kappa shape index (κ3) is 2.44. The van der Waals surface area contributed by atoms with Crippen molar-refractivity contribution >= 4 is 9.84 Å². The van der Waals surface area contributed by atoms with Gasteiger partial charge in [-0.25, -0.2) is 13.4 Å². The molecular weight excluding hydrogens is 228 g/mol. The van der Waals surface area contributed by atoms with E-state index >= 15 is 0 Å². The zero-order chi connectivity index (χ0) is 11.8. The summed E-state index contributed by atoms with van der Waals surface area (Å²) in [5.74, 6) is 1.18. The molecule has 1 saturated heterocycles. The van der Waals surface area contributed by atoms with Gasteiger partial charge in [0, 0.05) is 12.5 Å². The van der Waals surface area contributed by atoms with Gasteiger partial charge < -0.3 is 9.73 Å². The lowest BCUT2D eigenvalue weighted by Gasteiger charge is -2.21. The fraction of sp³-hybridized carbons (Fsp3) is 0.700. The first-order chi connectivity index (χ1) is 7.48. The van der Waals surface area contributed by atoms with E-state index in [1.165, 1.54) is 0 Å². The van der Waals surface area contributed by atoms with Crippen molar-refractivity contribution < 1.29 is 12.8 Å². The van der Waals surface area contributed by atoms with E-state index in [2.05, 4.69) is 10.3 Å². The van der Waals surface area contributed by atoms with Crippen molar-refractivity contribution in [2.45, 2.75) is 25.8 Å². The Morgan fingerprint density at radius 2 is 2.31 bits per heavy atom. The van der Waals surface area contributed by atoms with E-state index in [1.807, 2.05) is 13.8 Å². The summed E-state index contributed by atoms with van der Waals surface area (Å²) in [7, 11) is -2.94. The fourth-order valence-corrected chi connectivity index (χ4v) is 3.09. The Bertz CT molecular complexity index is 464. The van der Waals surface area contributed by atoms with E-state index in [-0.39, 0.29) is 23.5 Å². The van der Waals surface area contributed by atoms with Gasteiger partial charge >= 0.3 is 0 Å². The maximum atomic E-state index is 11.5. The molecule has 1 atom stereocenters. The highest BCUT2D eigenvalue weighted by molar-refractivity contribution is 7.91. The van der Waals surface area contributed by atoms with Gasteiger partial charge in [0.15, 0.2) is 15.7 Å². The van der Waals surface area contributed by atoms with Gasteiger partial charge in [-0.3, -0.25) is 0 Å². The van der Waals surface area contributed by atoms with Crippen molar-refractivity contribution in [1.29, 1.82) is 0 Å². The number of nitrogens with one attached hydrogen (secondary N) is 1. The SMILES string of the molecule is CC(C)c1nc(C2CS(=O)(=O)CCN2)co1. The number of sulfone groups is 1. The van der Waals surface area contributed by atoms with Crippen molar-refractivity contribution in [3.63, 3.8) is 0 Å². The van der Waals surface area contributed by atoms with Crippen LogP contribution in [-0.2, 0) is 9.84 Å². The van der Waals surface area contributed by atoms with Crippen LogP contribution in [0.1, 0.15) is 37.4 Å². The van der Waals surface area contributed by atoms with Crippen molar-refractivity contribution in [1.82, 2.24) is 10.3 Å². The molecule has 0 saturated carbocycles. The molecule has 0 radical (unpaired) electrons. The van der Waals surface area contributed by atoms with E-state index in [1.54, 1.807) is 6.26 Å². The van der Waals surface area contributed by atoms with Gasteiger partial charge in [-0.15, -0.1) is 0 Å². The largest absolute Gasteiger partial charge is 0.448 e. The number of oxazole rings is 1. The molecule has 0 bridgehead atoms. The molecule has 1 aliphatic rings. The van der Waals surface area contributed by atoms with E-state index in [0.717, 1.165) is 0 Å². The summed E-state index contributed by atoms with van der Waals surface area (Å²) in [4.78, 5) is 4.31. The van der Waals surface area contributed by atoms with Gasteiger partial charge in [0.2, 0.25) is 0 Å². The van der Waals surface area contributed by atoms with Crippen LogP contribution in [0.4, 0.5) is 0 Å². The summed E-state index contributed by atoms with van der Waals surface area (Å²) in [5.41, 5.74) is 0.687. The third-order valence-electron chi connectivity index (χ3n) is 2.62. The lowest BCUT2D eigenvalue weighted by atomic mass is 10.2. The standard InChI is InChI=1S/C10H16N2O3S/c1-7(2)10-12-8(5-15-10)9-6-16(13,14)4-3-11-9/h5,7,9,11H,3-4,6H2,1-2H3. The lowest BCUT2D eigenvalue weighted by molar-refractivity contribution is 0.469. The zero-order valence-electron chi connectivity index (χ0n) is 9.43. The van der Waals surface area contributed by atoms with E-state index < -0.39 is 9.84 Å². The van der Waals surface area contributed by atoms with Crippen LogP contribution in [-0.4, -0.2) is 31.5 Å². The Kier molecular flexibility index (Phi) is 3.03. The molecule has 1 N–H and O–H groups in total. The molecule has 2 rings (SSSR count). The summed E-state index contributed by atoms with van der Waals surface area (Å²) >= 11 is 0. The first kappa shape index (κ1) is 11.6. The smallest absolute Gasteiger partial charge is 0.196 e.